The molecule has 1 aromatic carbocycles. The fourth-order valence-corrected chi connectivity index (χ4v) is 3.37. The molecule has 2 N–H and O–H groups in total. The predicted octanol–water partition coefficient (Wildman–Crippen LogP) is 5.42. The zero-order valence-corrected chi connectivity index (χ0v) is 15.1. The Morgan fingerprint density at radius 2 is 1.33 bits per heavy atom. The average molecular weight is 290 g/mol. The first-order valence-electron chi connectivity index (χ1n) is 8.41. The highest BCUT2D eigenvalue weighted by Gasteiger charge is 2.22. The first-order chi connectivity index (χ1) is 9.63. The summed E-state index contributed by atoms with van der Waals surface area (Å²) in [4.78, 5) is 0. The lowest BCUT2D eigenvalue weighted by Crippen LogP contribution is -2.19. The van der Waals surface area contributed by atoms with Crippen LogP contribution in [0.25, 0.3) is 0 Å². The summed E-state index contributed by atoms with van der Waals surface area (Å²) in [5, 5.41) is 0. The molecular weight excluding hydrogens is 254 g/mol. The van der Waals surface area contributed by atoms with Gasteiger partial charge in [-0.15, -0.1) is 0 Å². The third-order valence-electron chi connectivity index (χ3n) is 4.49. The standard InChI is InChI=1S/C20H35N/c1-16-12-17(2)14-18(13-16)15-20(5,6)9-7-8-19(3,4)10-11-21/h12-14H,7-11,15,21H2,1-6H3. The molecule has 0 atom stereocenters. The normalized spacial score (nSPS) is 12.7. The second-order valence-corrected chi connectivity index (χ2v) is 8.39. The first-order valence-corrected chi connectivity index (χ1v) is 8.41. The third-order valence-corrected chi connectivity index (χ3v) is 4.49. The Labute approximate surface area is 132 Å². The predicted molar refractivity (Wildman–Crippen MR) is 94.7 cm³/mol. The van der Waals surface area contributed by atoms with Gasteiger partial charge in [-0.1, -0.05) is 63.4 Å². The zero-order chi connectivity index (χ0) is 16.1. The zero-order valence-electron chi connectivity index (χ0n) is 15.1. The summed E-state index contributed by atoms with van der Waals surface area (Å²) in [6.45, 7) is 14.7. The van der Waals surface area contributed by atoms with Crippen molar-refractivity contribution in [3.63, 3.8) is 0 Å². The van der Waals surface area contributed by atoms with E-state index >= 15 is 0 Å². The van der Waals surface area contributed by atoms with E-state index < -0.39 is 0 Å². The van der Waals surface area contributed by atoms with E-state index in [4.69, 9.17) is 5.73 Å². The number of hydrogen-bond acceptors (Lipinski definition) is 1. The summed E-state index contributed by atoms with van der Waals surface area (Å²) in [5.41, 5.74) is 10.7. The monoisotopic (exact) mass is 289 g/mol. The van der Waals surface area contributed by atoms with Crippen molar-refractivity contribution >= 4 is 0 Å². The maximum atomic E-state index is 5.70. The number of nitrogens with two attached hydrogens (primary N) is 1. The number of benzene rings is 1. The van der Waals surface area contributed by atoms with E-state index in [1.807, 2.05) is 0 Å². The second kappa shape index (κ2) is 7.45. The van der Waals surface area contributed by atoms with E-state index in [1.54, 1.807) is 0 Å². The molecule has 0 saturated carbocycles. The average Bonchev–Trinajstić information content (AvgIpc) is 2.25. The molecule has 0 bridgehead atoms. The lowest BCUT2D eigenvalue weighted by Gasteiger charge is -2.29. The summed E-state index contributed by atoms with van der Waals surface area (Å²) < 4.78 is 0. The second-order valence-electron chi connectivity index (χ2n) is 8.39. The Morgan fingerprint density at radius 3 is 1.86 bits per heavy atom. The fourth-order valence-electron chi connectivity index (χ4n) is 3.37. The van der Waals surface area contributed by atoms with Crippen LogP contribution in [0.1, 0.15) is 70.1 Å². The van der Waals surface area contributed by atoms with Crippen molar-refractivity contribution in [3.8, 4) is 0 Å². The van der Waals surface area contributed by atoms with E-state index in [2.05, 4.69) is 59.7 Å². The molecule has 0 unspecified atom stereocenters. The van der Waals surface area contributed by atoms with Gasteiger partial charge in [0, 0.05) is 0 Å². The minimum atomic E-state index is 0.374. The number of hydrogen-bond donors (Lipinski definition) is 1. The van der Waals surface area contributed by atoms with E-state index in [1.165, 1.54) is 42.4 Å². The Kier molecular flexibility index (Phi) is 6.46. The van der Waals surface area contributed by atoms with E-state index in [0.717, 1.165) is 13.0 Å². The van der Waals surface area contributed by atoms with Crippen LogP contribution in [0.5, 0.6) is 0 Å². The van der Waals surface area contributed by atoms with Gasteiger partial charge in [-0.05, 0) is 62.5 Å². The third kappa shape index (κ3) is 7.13. The van der Waals surface area contributed by atoms with Crippen molar-refractivity contribution in [1.29, 1.82) is 0 Å². The minimum Gasteiger partial charge on any atom is -0.330 e. The summed E-state index contributed by atoms with van der Waals surface area (Å²) >= 11 is 0. The first kappa shape index (κ1) is 18.2. The molecule has 0 spiro atoms. The van der Waals surface area contributed by atoms with Crippen LogP contribution in [-0.2, 0) is 6.42 Å². The van der Waals surface area contributed by atoms with Gasteiger partial charge in [-0.3, -0.25) is 0 Å². The molecule has 0 heterocycles. The topological polar surface area (TPSA) is 26.0 Å². The number of aryl methyl sites for hydroxylation is 2. The van der Waals surface area contributed by atoms with Crippen molar-refractivity contribution in [3.05, 3.63) is 34.9 Å². The molecular formula is C20H35N. The van der Waals surface area contributed by atoms with Gasteiger partial charge in [0.25, 0.3) is 0 Å². The van der Waals surface area contributed by atoms with Gasteiger partial charge < -0.3 is 5.73 Å². The molecule has 1 heteroatoms. The molecule has 0 saturated heterocycles. The Morgan fingerprint density at radius 1 is 0.810 bits per heavy atom. The largest absolute Gasteiger partial charge is 0.330 e. The van der Waals surface area contributed by atoms with Gasteiger partial charge >= 0.3 is 0 Å². The molecule has 1 rings (SSSR count). The summed E-state index contributed by atoms with van der Waals surface area (Å²) in [7, 11) is 0. The Balaban J connectivity index is 2.53. The molecule has 0 fully saturated rings. The Bertz CT molecular complexity index is 423. The lowest BCUT2D eigenvalue weighted by atomic mass is 9.77. The van der Waals surface area contributed by atoms with Crippen LogP contribution in [0.3, 0.4) is 0 Å². The Hall–Kier alpha value is -0.820. The maximum absolute atomic E-state index is 5.70. The molecule has 0 radical (unpaired) electrons. The smallest absolute Gasteiger partial charge is 0.00722 e. The van der Waals surface area contributed by atoms with Crippen LogP contribution in [0, 0.1) is 24.7 Å². The molecule has 0 aliphatic heterocycles. The van der Waals surface area contributed by atoms with Gasteiger partial charge in [-0.2, -0.15) is 0 Å². The van der Waals surface area contributed by atoms with E-state index in [9.17, 15) is 0 Å². The summed E-state index contributed by atoms with van der Waals surface area (Å²) in [6, 6.07) is 6.94. The van der Waals surface area contributed by atoms with Crippen LogP contribution < -0.4 is 5.73 Å². The van der Waals surface area contributed by atoms with Crippen molar-refractivity contribution < 1.29 is 0 Å². The fraction of sp³-hybridized carbons (Fsp3) is 0.700. The van der Waals surface area contributed by atoms with Crippen LogP contribution in [0.4, 0.5) is 0 Å². The van der Waals surface area contributed by atoms with Crippen LogP contribution in [-0.4, -0.2) is 6.54 Å². The van der Waals surface area contributed by atoms with Crippen LogP contribution >= 0.6 is 0 Å². The molecule has 0 aliphatic rings. The molecule has 1 aromatic rings. The molecule has 0 aliphatic carbocycles. The summed E-state index contributed by atoms with van der Waals surface area (Å²) in [5.74, 6) is 0. The molecule has 0 amide bonds. The van der Waals surface area contributed by atoms with Crippen LogP contribution in [0.2, 0.25) is 0 Å². The lowest BCUT2D eigenvalue weighted by molar-refractivity contribution is 0.256. The van der Waals surface area contributed by atoms with Crippen molar-refractivity contribution in [2.24, 2.45) is 16.6 Å². The molecule has 1 nitrogen and oxygen atoms in total. The van der Waals surface area contributed by atoms with Gasteiger partial charge in [-0.25, -0.2) is 0 Å². The van der Waals surface area contributed by atoms with Gasteiger partial charge in [0.2, 0.25) is 0 Å². The SMILES string of the molecule is Cc1cc(C)cc(CC(C)(C)CCCC(C)(C)CCN)c1. The van der Waals surface area contributed by atoms with Crippen LogP contribution in [0.15, 0.2) is 18.2 Å². The van der Waals surface area contributed by atoms with E-state index in [0.29, 0.717) is 10.8 Å². The summed E-state index contributed by atoms with van der Waals surface area (Å²) in [6.07, 6.45) is 6.16. The van der Waals surface area contributed by atoms with Gasteiger partial charge in [0.05, 0.1) is 0 Å². The maximum Gasteiger partial charge on any atom is -0.00722 e. The van der Waals surface area contributed by atoms with Crippen molar-refractivity contribution in [2.45, 2.75) is 73.6 Å². The van der Waals surface area contributed by atoms with E-state index in [-0.39, 0.29) is 0 Å². The van der Waals surface area contributed by atoms with Gasteiger partial charge in [0.1, 0.15) is 0 Å². The minimum absolute atomic E-state index is 0.374. The highest BCUT2D eigenvalue weighted by molar-refractivity contribution is 5.29. The van der Waals surface area contributed by atoms with Gasteiger partial charge in [0.15, 0.2) is 0 Å². The highest BCUT2D eigenvalue weighted by Crippen LogP contribution is 2.33. The van der Waals surface area contributed by atoms with Crippen molar-refractivity contribution in [2.75, 3.05) is 6.54 Å². The molecule has 0 aromatic heterocycles. The molecule has 120 valence electrons. The quantitative estimate of drug-likeness (QED) is 0.679. The number of rotatable bonds is 8. The van der Waals surface area contributed by atoms with Crippen molar-refractivity contribution in [1.82, 2.24) is 0 Å². The highest BCUT2D eigenvalue weighted by atomic mass is 14.5. The molecule has 21 heavy (non-hydrogen) atoms.